The summed E-state index contributed by atoms with van der Waals surface area (Å²) in [5, 5.41) is 21.2. The number of para-hydroxylation sites is 4. The van der Waals surface area contributed by atoms with Gasteiger partial charge in [0, 0.05) is 25.8 Å². The Balaban J connectivity index is 0.000000152. The van der Waals surface area contributed by atoms with Crippen LogP contribution in [-0.4, -0.2) is 20.2 Å². The van der Waals surface area contributed by atoms with E-state index in [1.54, 1.807) is 34.8 Å². The molecule has 0 radical (unpaired) electrons. The van der Waals surface area contributed by atoms with Crippen LogP contribution in [0.4, 0.5) is 0 Å². The van der Waals surface area contributed by atoms with E-state index in [1.165, 1.54) is 0 Å². The maximum absolute atomic E-state index is 9.76. The van der Waals surface area contributed by atoms with Crippen molar-refractivity contribution in [3.8, 4) is 32.6 Å². The maximum atomic E-state index is 9.76. The molecule has 0 unspecified atom stereocenters. The van der Waals surface area contributed by atoms with Crippen LogP contribution in [-0.2, 0) is 25.8 Å². The van der Waals surface area contributed by atoms with Crippen molar-refractivity contribution < 1.29 is 36.1 Å². The maximum Gasteiger partial charge on any atom is 0.128 e. The number of aromatic hydroxyl groups is 2. The van der Waals surface area contributed by atoms with Crippen molar-refractivity contribution in [2.75, 3.05) is 0 Å². The van der Waals surface area contributed by atoms with E-state index in [0.717, 1.165) is 41.6 Å². The van der Waals surface area contributed by atoms with Gasteiger partial charge in [0.1, 0.15) is 21.5 Å². The molecule has 0 saturated carbocycles. The number of phenolic OH excluding ortho intramolecular Hbond substituents is 2. The number of phenols is 2. The van der Waals surface area contributed by atoms with E-state index in [4.69, 9.17) is 0 Å². The van der Waals surface area contributed by atoms with Crippen molar-refractivity contribution in [1.29, 1.82) is 0 Å². The summed E-state index contributed by atoms with van der Waals surface area (Å²) in [5.41, 5.74) is 3.55. The molecule has 6 rings (SSSR count). The van der Waals surface area contributed by atoms with Gasteiger partial charge in [-0.25, -0.2) is 9.97 Å². The normalized spacial score (nSPS) is 10.4. The molecule has 4 aromatic carbocycles. The third-order valence-electron chi connectivity index (χ3n) is 4.86. The first-order chi connectivity index (χ1) is 15.7. The van der Waals surface area contributed by atoms with E-state index in [1.807, 2.05) is 84.9 Å². The molecule has 0 saturated heterocycles. The second-order valence-electron chi connectivity index (χ2n) is 7.01. The van der Waals surface area contributed by atoms with Gasteiger partial charge < -0.3 is 10.2 Å². The van der Waals surface area contributed by atoms with Crippen LogP contribution >= 0.6 is 22.7 Å². The first kappa shape index (κ1) is 23.3. The molecule has 0 amide bonds. The Morgan fingerprint density at radius 3 is 1.24 bits per heavy atom. The SMILES string of the molecule is Oc1ccccc1-c1nc2ccccc2s1.Oc1ccccc1-c1nc2ccccc2s1.[Hf]. The Labute approximate surface area is 217 Å². The predicted molar refractivity (Wildman–Crippen MR) is 133 cm³/mol. The zero-order valence-electron chi connectivity index (χ0n) is 17.3. The van der Waals surface area contributed by atoms with Crippen LogP contribution in [0.15, 0.2) is 97.1 Å². The molecule has 2 heterocycles. The molecule has 6 aromatic rings. The van der Waals surface area contributed by atoms with E-state index in [9.17, 15) is 10.2 Å². The summed E-state index contributed by atoms with van der Waals surface area (Å²) in [7, 11) is 0. The molecule has 0 aliphatic rings. The predicted octanol–water partition coefficient (Wildman–Crippen LogP) is 7.34. The van der Waals surface area contributed by atoms with Gasteiger partial charge in [-0.2, -0.15) is 0 Å². The Morgan fingerprint density at radius 1 is 0.485 bits per heavy atom. The number of fused-ring (bicyclic) bond motifs is 2. The van der Waals surface area contributed by atoms with E-state index in [2.05, 4.69) is 9.97 Å². The molecule has 0 aliphatic carbocycles. The van der Waals surface area contributed by atoms with Crippen molar-refractivity contribution in [1.82, 2.24) is 9.97 Å². The summed E-state index contributed by atoms with van der Waals surface area (Å²) in [5.74, 6) is 0.558. The second kappa shape index (κ2) is 10.4. The molecule has 33 heavy (non-hydrogen) atoms. The van der Waals surface area contributed by atoms with Crippen LogP contribution in [0.3, 0.4) is 0 Å². The molecular formula is C26H18HfN2O2S2. The topological polar surface area (TPSA) is 66.2 Å². The average Bonchev–Trinajstić information content (AvgIpc) is 3.44. The zero-order chi connectivity index (χ0) is 21.9. The van der Waals surface area contributed by atoms with E-state index >= 15 is 0 Å². The van der Waals surface area contributed by atoms with Gasteiger partial charge in [0.05, 0.1) is 31.6 Å². The molecule has 160 valence electrons. The number of rotatable bonds is 2. The van der Waals surface area contributed by atoms with Gasteiger partial charge in [0.2, 0.25) is 0 Å². The number of thiazole rings is 2. The van der Waals surface area contributed by atoms with Crippen molar-refractivity contribution in [3.05, 3.63) is 97.1 Å². The molecule has 2 aromatic heterocycles. The summed E-state index contributed by atoms with van der Waals surface area (Å²) in [6.07, 6.45) is 0. The summed E-state index contributed by atoms with van der Waals surface area (Å²) in [6, 6.07) is 30.5. The minimum atomic E-state index is 0. The van der Waals surface area contributed by atoms with Gasteiger partial charge in [-0.05, 0) is 48.5 Å². The molecule has 0 atom stereocenters. The number of nitrogens with zero attached hydrogens (tertiary/aromatic N) is 2. The second-order valence-corrected chi connectivity index (χ2v) is 9.07. The first-order valence-electron chi connectivity index (χ1n) is 9.97. The fourth-order valence-electron chi connectivity index (χ4n) is 3.28. The van der Waals surface area contributed by atoms with Gasteiger partial charge in [-0.1, -0.05) is 48.5 Å². The summed E-state index contributed by atoms with van der Waals surface area (Å²) in [4.78, 5) is 9.00. The molecule has 7 heteroatoms. The Kier molecular flexibility index (Phi) is 7.33. The standard InChI is InChI=1S/2C13H9NOS.Hf/c2*15-11-7-3-1-5-9(11)13-14-10-6-2-4-8-12(10)16-13;/h2*1-8,15H;. The smallest absolute Gasteiger partial charge is 0.128 e. The fraction of sp³-hybridized carbons (Fsp3) is 0. The zero-order valence-corrected chi connectivity index (χ0v) is 22.6. The van der Waals surface area contributed by atoms with Crippen molar-refractivity contribution in [2.24, 2.45) is 0 Å². The first-order valence-corrected chi connectivity index (χ1v) is 11.6. The largest absolute Gasteiger partial charge is 0.507 e. The number of aromatic nitrogens is 2. The van der Waals surface area contributed by atoms with Gasteiger partial charge in [0.25, 0.3) is 0 Å². The van der Waals surface area contributed by atoms with Crippen LogP contribution in [0.2, 0.25) is 0 Å². The monoisotopic (exact) mass is 634 g/mol. The molecular weight excluding hydrogens is 615 g/mol. The fourth-order valence-corrected chi connectivity index (χ4v) is 5.28. The van der Waals surface area contributed by atoms with Crippen LogP contribution < -0.4 is 0 Å². The number of hydrogen-bond donors (Lipinski definition) is 2. The van der Waals surface area contributed by atoms with Crippen molar-refractivity contribution >= 4 is 43.1 Å². The summed E-state index contributed by atoms with van der Waals surface area (Å²) < 4.78 is 2.28. The molecule has 0 bridgehead atoms. The molecule has 0 fully saturated rings. The van der Waals surface area contributed by atoms with Crippen LogP contribution in [0.5, 0.6) is 11.5 Å². The average molecular weight is 633 g/mol. The Bertz CT molecular complexity index is 1350. The summed E-state index contributed by atoms with van der Waals surface area (Å²) in [6.45, 7) is 0. The minimum Gasteiger partial charge on any atom is -0.507 e. The third-order valence-corrected chi connectivity index (χ3v) is 7.00. The van der Waals surface area contributed by atoms with Gasteiger partial charge >= 0.3 is 0 Å². The van der Waals surface area contributed by atoms with E-state index in [0.29, 0.717) is 0 Å². The van der Waals surface area contributed by atoms with Crippen LogP contribution in [0, 0.1) is 0 Å². The van der Waals surface area contributed by atoms with E-state index < -0.39 is 0 Å². The molecule has 4 nitrogen and oxygen atoms in total. The van der Waals surface area contributed by atoms with Gasteiger partial charge in [-0.15, -0.1) is 22.7 Å². The van der Waals surface area contributed by atoms with Gasteiger partial charge in [-0.3, -0.25) is 0 Å². The Hall–Kier alpha value is -2.87. The molecule has 0 spiro atoms. The summed E-state index contributed by atoms with van der Waals surface area (Å²) >= 11 is 3.19. The number of hydrogen-bond acceptors (Lipinski definition) is 6. The van der Waals surface area contributed by atoms with Crippen LogP contribution in [0.1, 0.15) is 0 Å². The minimum absolute atomic E-state index is 0. The van der Waals surface area contributed by atoms with E-state index in [-0.39, 0.29) is 37.3 Å². The van der Waals surface area contributed by atoms with Crippen molar-refractivity contribution in [2.45, 2.75) is 0 Å². The number of benzene rings is 4. The third kappa shape index (κ3) is 5.05. The Morgan fingerprint density at radius 2 is 0.848 bits per heavy atom. The molecule has 0 aliphatic heterocycles. The quantitative estimate of drug-likeness (QED) is 0.196. The van der Waals surface area contributed by atoms with Gasteiger partial charge in [0.15, 0.2) is 0 Å². The molecule has 2 N–H and O–H groups in total. The van der Waals surface area contributed by atoms with Crippen molar-refractivity contribution in [3.63, 3.8) is 0 Å². The van der Waals surface area contributed by atoms with Crippen LogP contribution in [0.25, 0.3) is 41.6 Å².